The molecule has 0 radical (unpaired) electrons. The molecular formula is C19H29NO. The molecule has 1 spiro atoms. The molecule has 21 heavy (non-hydrogen) atoms. The molecule has 2 aliphatic rings. The standard InChI is InChI=1S/C19H29NO/c1-4-21-18-13-17(19(18)11-5-6-12-19)20-16-9-7-15(8-10-16)14(2)3/h7-10,14,17-18,20H,4-6,11-13H2,1-3H3. The van der Waals surface area contributed by atoms with E-state index in [-0.39, 0.29) is 0 Å². The summed E-state index contributed by atoms with van der Waals surface area (Å²) in [6, 6.07) is 9.60. The largest absolute Gasteiger partial charge is 0.382 e. The first-order valence-electron chi connectivity index (χ1n) is 8.64. The van der Waals surface area contributed by atoms with Crippen molar-refractivity contribution in [1.29, 1.82) is 0 Å². The summed E-state index contributed by atoms with van der Waals surface area (Å²) in [7, 11) is 0. The number of ether oxygens (including phenoxy) is 1. The van der Waals surface area contributed by atoms with E-state index >= 15 is 0 Å². The van der Waals surface area contributed by atoms with Crippen molar-refractivity contribution in [2.45, 2.75) is 70.9 Å². The molecule has 2 atom stereocenters. The van der Waals surface area contributed by atoms with Crippen LogP contribution < -0.4 is 5.32 Å². The van der Waals surface area contributed by atoms with Gasteiger partial charge in [0.2, 0.25) is 0 Å². The number of hydrogen-bond acceptors (Lipinski definition) is 2. The summed E-state index contributed by atoms with van der Waals surface area (Å²) in [6.45, 7) is 7.46. The molecule has 0 aliphatic heterocycles. The molecule has 0 heterocycles. The maximum absolute atomic E-state index is 5.99. The number of benzene rings is 1. The van der Waals surface area contributed by atoms with Crippen LogP contribution in [0.2, 0.25) is 0 Å². The lowest BCUT2D eigenvalue weighted by atomic mass is 9.60. The normalized spacial score (nSPS) is 27.0. The van der Waals surface area contributed by atoms with Gasteiger partial charge in [-0.2, -0.15) is 0 Å². The minimum atomic E-state index is 0.409. The molecule has 1 N–H and O–H groups in total. The van der Waals surface area contributed by atoms with Crippen molar-refractivity contribution in [3.63, 3.8) is 0 Å². The average Bonchev–Trinajstić information content (AvgIpc) is 2.99. The van der Waals surface area contributed by atoms with Crippen LogP contribution in [0.5, 0.6) is 0 Å². The Morgan fingerprint density at radius 3 is 2.43 bits per heavy atom. The fourth-order valence-electron chi connectivity index (χ4n) is 4.25. The van der Waals surface area contributed by atoms with E-state index in [1.54, 1.807) is 0 Å². The molecule has 2 heteroatoms. The molecule has 116 valence electrons. The van der Waals surface area contributed by atoms with E-state index < -0.39 is 0 Å². The fourth-order valence-corrected chi connectivity index (χ4v) is 4.25. The summed E-state index contributed by atoms with van der Waals surface area (Å²) in [5, 5.41) is 3.79. The van der Waals surface area contributed by atoms with Gasteiger partial charge in [-0.3, -0.25) is 0 Å². The lowest BCUT2D eigenvalue weighted by molar-refractivity contribution is -0.114. The van der Waals surface area contributed by atoms with Crippen molar-refractivity contribution in [3.8, 4) is 0 Å². The summed E-state index contributed by atoms with van der Waals surface area (Å²) in [5.74, 6) is 0.603. The summed E-state index contributed by atoms with van der Waals surface area (Å²) < 4.78 is 5.99. The van der Waals surface area contributed by atoms with Crippen LogP contribution in [-0.4, -0.2) is 18.8 Å². The monoisotopic (exact) mass is 287 g/mol. The average molecular weight is 287 g/mol. The molecule has 0 bridgehead atoms. The second-order valence-electron chi connectivity index (χ2n) is 7.09. The smallest absolute Gasteiger partial charge is 0.0670 e. The molecule has 2 unspecified atom stereocenters. The van der Waals surface area contributed by atoms with Crippen LogP contribution in [0, 0.1) is 5.41 Å². The predicted molar refractivity (Wildman–Crippen MR) is 88.9 cm³/mol. The molecule has 1 aromatic rings. The van der Waals surface area contributed by atoms with E-state index in [4.69, 9.17) is 4.74 Å². The summed E-state index contributed by atoms with van der Waals surface area (Å²) in [6.07, 6.45) is 7.05. The van der Waals surface area contributed by atoms with E-state index in [0.29, 0.717) is 23.5 Å². The Hall–Kier alpha value is -1.02. The highest BCUT2D eigenvalue weighted by molar-refractivity contribution is 5.47. The first kappa shape index (κ1) is 14.9. The Morgan fingerprint density at radius 1 is 1.19 bits per heavy atom. The van der Waals surface area contributed by atoms with Gasteiger partial charge in [0.25, 0.3) is 0 Å². The lowest BCUT2D eigenvalue weighted by Gasteiger charge is -2.54. The van der Waals surface area contributed by atoms with E-state index in [0.717, 1.165) is 6.61 Å². The third-order valence-corrected chi connectivity index (χ3v) is 5.61. The number of anilines is 1. The second-order valence-corrected chi connectivity index (χ2v) is 7.09. The van der Waals surface area contributed by atoms with E-state index in [1.165, 1.54) is 43.4 Å². The fraction of sp³-hybridized carbons (Fsp3) is 0.684. The maximum atomic E-state index is 5.99. The van der Waals surface area contributed by atoms with Crippen LogP contribution in [0.3, 0.4) is 0 Å². The van der Waals surface area contributed by atoms with Gasteiger partial charge in [0, 0.05) is 23.8 Å². The van der Waals surface area contributed by atoms with Gasteiger partial charge in [0.15, 0.2) is 0 Å². The topological polar surface area (TPSA) is 21.3 Å². The third-order valence-electron chi connectivity index (χ3n) is 5.61. The predicted octanol–water partition coefficient (Wildman–Crippen LogP) is 4.96. The highest BCUT2D eigenvalue weighted by Gasteiger charge is 2.56. The zero-order valence-corrected chi connectivity index (χ0v) is 13.7. The van der Waals surface area contributed by atoms with Gasteiger partial charge in [-0.05, 0) is 49.8 Å². The van der Waals surface area contributed by atoms with Crippen LogP contribution in [0.1, 0.15) is 64.4 Å². The molecule has 1 aromatic carbocycles. The van der Waals surface area contributed by atoms with Gasteiger partial charge < -0.3 is 10.1 Å². The molecule has 3 rings (SSSR count). The zero-order valence-electron chi connectivity index (χ0n) is 13.7. The van der Waals surface area contributed by atoms with Gasteiger partial charge in [-0.15, -0.1) is 0 Å². The summed E-state index contributed by atoms with van der Waals surface area (Å²) in [5.41, 5.74) is 3.09. The minimum Gasteiger partial charge on any atom is -0.382 e. The van der Waals surface area contributed by atoms with E-state index in [9.17, 15) is 0 Å². The van der Waals surface area contributed by atoms with Gasteiger partial charge in [0.1, 0.15) is 0 Å². The molecule has 2 fully saturated rings. The van der Waals surface area contributed by atoms with E-state index in [2.05, 4.69) is 50.4 Å². The molecule has 2 saturated carbocycles. The molecule has 2 aliphatic carbocycles. The van der Waals surface area contributed by atoms with Gasteiger partial charge >= 0.3 is 0 Å². The minimum absolute atomic E-state index is 0.409. The van der Waals surface area contributed by atoms with Gasteiger partial charge in [0.05, 0.1) is 6.10 Å². The SMILES string of the molecule is CCOC1CC(Nc2ccc(C(C)C)cc2)C12CCCC2. The molecule has 0 amide bonds. The van der Waals surface area contributed by atoms with Crippen molar-refractivity contribution in [2.75, 3.05) is 11.9 Å². The first-order chi connectivity index (χ1) is 10.2. The highest BCUT2D eigenvalue weighted by Crippen LogP contribution is 2.55. The van der Waals surface area contributed by atoms with Crippen molar-refractivity contribution in [1.82, 2.24) is 0 Å². The third kappa shape index (κ3) is 2.70. The Kier molecular flexibility index (Phi) is 4.26. The lowest BCUT2D eigenvalue weighted by Crippen LogP contribution is -2.60. The summed E-state index contributed by atoms with van der Waals surface area (Å²) in [4.78, 5) is 0. The quantitative estimate of drug-likeness (QED) is 0.826. The summed E-state index contributed by atoms with van der Waals surface area (Å²) >= 11 is 0. The van der Waals surface area contributed by atoms with Crippen molar-refractivity contribution >= 4 is 5.69 Å². The van der Waals surface area contributed by atoms with Crippen LogP contribution in [0.15, 0.2) is 24.3 Å². The van der Waals surface area contributed by atoms with Crippen molar-refractivity contribution < 1.29 is 4.74 Å². The van der Waals surface area contributed by atoms with Crippen LogP contribution in [0.25, 0.3) is 0 Å². The van der Waals surface area contributed by atoms with Gasteiger partial charge in [-0.1, -0.05) is 38.8 Å². The van der Waals surface area contributed by atoms with Crippen LogP contribution >= 0.6 is 0 Å². The molecule has 2 nitrogen and oxygen atoms in total. The Morgan fingerprint density at radius 2 is 1.86 bits per heavy atom. The highest BCUT2D eigenvalue weighted by atomic mass is 16.5. The number of nitrogens with one attached hydrogen (secondary N) is 1. The van der Waals surface area contributed by atoms with Crippen molar-refractivity contribution in [2.24, 2.45) is 5.41 Å². The molecule has 0 saturated heterocycles. The van der Waals surface area contributed by atoms with Crippen molar-refractivity contribution in [3.05, 3.63) is 29.8 Å². The second kappa shape index (κ2) is 6.00. The number of rotatable bonds is 5. The van der Waals surface area contributed by atoms with Crippen LogP contribution in [0.4, 0.5) is 5.69 Å². The first-order valence-corrected chi connectivity index (χ1v) is 8.64. The Balaban J connectivity index is 1.67. The molecular weight excluding hydrogens is 258 g/mol. The zero-order chi connectivity index (χ0) is 14.9. The van der Waals surface area contributed by atoms with Gasteiger partial charge in [-0.25, -0.2) is 0 Å². The number of hydrogen-bond donors (Lipinski definition) is 1. The maximum Gasteiger partial charge on any atom is 0.0670 e. The molecule has 0 aromatic heterocycles. The Bertz CT molecular complexity index is 459. The van der Waals surface area contributed by atoms with E-state index in [1.807, 2.05) is 0 Å². The van der Waals surface area contributed by atoms with Crippen LogP contribution in [-0.2, 0) is 4.74 Å². The Labute approximate surface area is 129 Å².